The predicted octanol–water partition coefficient (Wildman–Crippen LogP) is 2.39. The summed E-state index contributed by atoms with van der Waals surface area (Å²) in [6.07, 6.45) is 4.46. The summed E-state index contributed by atoms with van der Waals surface area (Å²) < 4.78 is 1.30. The summed E-state index contributed by atoms with van der Waals surface area (Å²) in [5, 5.41) is 10.6. The van der Waals surface area contributed by atoms with Gasteiger partial charge in [0.25, 0.3) is 0 Å². The monoisotopic (exact) mass is 256 g/mol. The van der Waals surface area contributed by atoms with Gasteiger partial charge in [-0.05, 0) is 31.9 Å². The maximum atomic E-state index is 11.9. The number of rotatable bonds is 1. The van der Waals surface area contributed by atoms with Crippen LogP contribution in [0.2, 0.25) is 0 Å². The molecule has 0 fully saturated rings. The lowest BCUT2D eigenvalue weighted by atomic mass is 9.99. The number of aryl methyl sites for hydroxylation is 3. The molecule has 2 rings (SSSR count). The van der Waals surface area contributed by atoms with Crippen molar-refractivity contribution < 1.29 is 4.79 Å². The van der Waals surface area contributed by atoms with Crippen LogP contribution in [0, 0.1) is 26.2 Å². The summed E-state index contributed by atoms with van der Waals surface area (Å²) >= 11 is 0. The van der Waals surface area contributed by atoms with E-state index >= 15 is 0 Å². The summed E-state index contributed by atoms with van der Waals surface area (Å²) in [5.41, 5.74) is 3.87. The maximum absolute atomic E-state index is 11.9. The zero-order valence-electron chi connectivity index (χ0n) is 11.2. The second kappa shape index (κ2) is 5.06. The molecule has 0 spiro atoms. The van der Waals surface area contributed by atoms with Crippen LogP contribution < -0.4 is 5.32 Å². The zero-order valence-corrected chi connectivity index (χ0v) is 11.2. The fourth-order valence-corrected chi connectivity index (χ4v) is 2.19. The van der Waals surface area contributed by atoms with E-state index in [0.29, 0.717) is 0 Å². The Balaban J connectivity index is 2.24. The molecule has 0 radical (unpaired) electrons. The number of hydrogen-bond donors (Lipinski definition) is 2. The van der Waals surface area contributed by atoms with Gasteiger partial charge in [-0.3, -0.25) is 15.3 Å². The summed E-state index contributed by atoms with van der Waals surface area (Å²) in [6.45, 7) is 5.89. The number of benzene rings is 1. The first kappa shape index (κ1) is 13.0. The smallest absolute Gasteiger partial charge is 0.292 e. The van der Waals surface area contributed by atoms with Gasteiger partial charge in [0.1, 0.15) is 12.2 Å². The van der Waals surface area contributed by atoms with Crippen molar-refractivity contribution in [3.8, 4) is 0 Å². The van der Waals surface area contributed by atoms with E-state index in [2.05, 4.69) is 10.3 Å². The van der Waals surface area contributed by atoms with E-state index in [9.17, 15) is 4.79 Å². The molecule has 0 unspecified atom stereocenters. The van der Waals surface area contributed by atoms with Crippen LogP contribution >= 0.6 is 0 Å². The van der Waals surface area contributed by atoms with Crippen molar-refractivity contribution in [1.82, 2.24) is 14.9 Å². The van der Waals surface area contributed by atoms with Gasteiger partial charge in [0.15, 0.2) is 0 Å². The number of nitrogens with one attached hydrogen (secondary N) is 2. The van der Waals surface area contributed by atoms with E-state index in [1.165, 1.54) is 23.3 Å². The predicted molar refractivity (Wildman–Crippen MR) is 73.6 cm³/mol. The van der Waals surface area contributed by atoms with E-state index in [4.69, 9.17) is 5.41 Å². The first-order valence-corrected chi connectivity index (χ1v) is 5.95. The molecular formula is C14H16N4O. The minimum absolute atomic E-state index is 0.105. The van der Waals surface area contributed by atoms with Gasteiger partial charge in [-0.15, -0.1) is 0 Å². The number of carbonyl (C=O) groups excluding carboxylic acids is 1. The molecule has 98 valence electrons. The van der Waals surface area contributed by atoms with E-state index in [-0.39, 0.29) is 11.9 Å². The number of amides is 1. The molecule has 2 aromatic rings. The van der Waals surface area contributed by atoms with Crippen LogP contribution in [0.25, 0.3) is 0 Å². The van der Waals surface area contributed by atoms with E-state index in [0.717, 1.165) is 22.3 Å². The Kier molecular flexibility index (Phi) is 3.46. The largest absolute Gasteiger partial charge is 0.332 e. The molecule has 0 atom stereocenters. The SMILES string of the molecule is Cc1cc(C)c(C(=N)NC(=O)n2ccnc2)c(C)c1. The minimum Gasteiger partial charge on any atom is -0.292 e. The molecule has 0 aliphatic carbocycles. The van der Waals surface area contributed by atoms with Crippen molar-refractivity contribution >= 4 is 11.9 Å². The Morgan fingerprint density at radius 1 is 1.26 bits per heavy atom. The lowest BCUT2D eigenvalue weighted by molar-refractivity contribution is 0.246. The molecule has 0 saturated heterocycles. The van der Waals surface area contributed by atoms with E-state index < -0.39 is 0 Å². The van der Waals surface area contributed by atoms with Gasteiger partial charge >= 0.3 is 6.03 Å². The number of aromatic nitrogens is 2. The highest BCUT2D eigenvalue weighted by atomic mass is 16.2. The molecule has 1 heterocycles. The summed E-state index contributed by atoms with van der Waals surface area (Å²) in [4.78, 5) is 15.7. The van der Waals surface area contributed by atoms with Gasteiger partial charge in [0, 0.05) is 18.0 Å². The normalized spacial score (nSPS) is 10.3. The third-order valence-corrected chi connectivity index (χ3v) is 2.90. The Morgan fingerprint density at radius 3 is 2.42 bits per heavy atom. The minimum atomic E-state index is -0.387. The molecule has 1 amide bonds. The molecule has 0 bridgehead atoms. The van der Waals surface area contributed by atoms with Gasteiger partial charge in [0.2, 0.25) is 0 Å². The van der Waals surface area contributed by atoms with Crippen LogP contribution in [0.5, 0.6) is 0 Å². The first-order chi connectivity index (χ1) is 8.99. The van der Waals surface area contributed by atoms with Gasteiger partial charge < -0.3 is 0 Å². The van der Waals surface area contributed by atoms with Crippen LogP contribution in [-0.4, -0.2) is 21.4 Å². The number of carbonyl (C=O) groups is 1. The Bertz CT molecular complexity index is 606. The van der Waals surface area contributed by atoms with E-state index in [1.54, 1.807) is 0 Å². The molecule has 2 N–H and O–H groups in total. The Morgan fingerprint density at radius 2 is 1.89 bits per heavy atom. The van der Waals surface area contributed by atoms with Crippen molar-refractivity contribution in [2.24, 2.45) is 0 Å². The van der Waals surface area contributed by atoms with Crippen LogP contribution in [0.4, 0.5) is 4.79 Å². The third kappa shape index (κ3) is 2.70. The number of amidine groups is 1. The fraction of sp³-hybridized carbons (Fsp3) is 0.214. The average Bonchev–Trinajstić information content (AvgIpc) is 2.80. The van der Waals surface area contributed by atoms with E-state index in [1.807, 2.05) is 32.9 Å². The summed E-state index contributed by atoms with van der Waals surface area (Å²) in [7, 11) is 0. The second-order valence-electron chi connectivity index (χ2n) is 4.55. The molecule has 5 heteroatoms. The summed E-state index contributed by atoms with van der Waals surface area (Å²) in [6, 6.07) is 3.61. The molecule has 0 aliphatic heterocycles. The first-order valence-electron chi connectivity index (χ1n) is 5.95. The number of nitrogens with zero attached hydrogens (tertiary/aromatic N) is 2. The van der Waals surface area contributed by atoms with Gasteiger partial charge in [-0.2, -0.15) is 0 Å². The average molecular weight is 256 g/mol. The standard InChI is InChI=1S/C14H16N4O/c1-9-6-10(2)12(11(3)7-9)13(15)17-14(19)18-5-4-16-8-18/h4-8H,1-3H3,(H2,15,17,19). The van der Waals surface area contributed by atoms with Crippen LogP contribution in [0.15, 0.2) is 30.9 Å². The molecule has 1 aromatic heterocycles. The highest BCUT2D eigenvalue weighted by Gasteiger charge is 2.13. The molecule has 0 aliphatic rings. The highest BCUT2D eigenvalue weighted by molar-refractivity contribution is 6.07. The van der Waals surface area contributed by atoms with Crippen molar-refractivity contribution in [3.05, 3.63) is 53.1 Å². The van der Waals surface area contributed by atoms with Crippen molar-refractivity contribution in [1.29, 1.82) is 5.41 Å². The number of imidazole rings is 1. The Labute approximate surface area is 111 Å². The molecular weight excluding hydrogens is 240 g/mol. The molecule has 19 heavy (non-hydrogen) atoms. The lowest BCUT2D eigenvalue weighted by Crippen LogP contribution is -2.34. The van der Waals surface area contributed by atoms with Crippen molar-refractivity contribution in [2.45, 2.75) is 20.8 Å². The Hall–Kier alpha value is -2.43. The molecule has 0 saturated carbocycles. The zero-order chi connectivity index (χ0) is 14.0. The molecule has 1 aromatic carbocycles. The van der Waals surface area contributed by atoms with Gasteiger partial charge in [0.05, 0.1) is 0 Å². The quantitative estimate of drug-likeness (QED) is 0.607. The van der Waals surface area contributed by atoms with Gasteiger partial charge in [-0.1, -0.05) is 17.7 Å². The topological polar surface area (TPSA) is 70.8 Å². The third-order valence-electron chi connectivity index (χ3n) is 2.90. The van der Waals surface area contributed by atoms with Crippen LogP contribution in [0.1, 0.15) is 22.3 Å². The summed E-state index contributed by atoms with van der Waals surface area (Å²) in [5.74, 6) is 0.105. The van der Waals surface area contributed by atoms with Gasteiger partial charge in [-0.25, -0.2) is 9.78 Å². The van der Waals surface area contributed by atoms with Crippen molar-refractivity contribution in [2.75, 3.05) is 0 Å². The fourth-order valence-electron chi connectivity index (χ4n) is 2.19. The number of hydrogen-bond acceptors (Lipinski definition) is 3. The van der Waals surface area contributed by atoms with Crippen LogP contribution in [0.3, 0.4) is 0 Å². The van der Waals surface area contributed by atoms with Crippen molar-refractivity contribution in [3.63, 3.8) is 0 Å². The maximum Gasteiger partial charge on any atom is 0.332 e. The molecule has 5 nitrogen and oxygen atoms in total. The second-order valence-corrected chi connectivity index (χ2v) is 4.55. The lowest BCUT2D eigenvalue weighted by Gasteiger charge is -2.13. The highest BCUT2D eigenvalue weighted by Crippen LogP contribution is 2.16. The van der Waals surface area contributed by atoms with Crippen LogP contribution in [-0.2, 0) is 0 Å².